The molecule has 6 heteroatoms. The van der Waals surface area contributed by atoms with Crippen molar-refractivity contribution in [3.63, 3.8) is 0 Å². The number of azo groups is 1. The number of nitrogens with zero attached hydrogens (tertiary/aromatic N) is 3. The first-order valence-corrected chi connectivity index (χ1v) is 7.55. The third kappa shape index (κ3) is 4.11. The number of rotatable bonds is 7. The average molecular weight is 291 g/mol. The number of aliphatic hydroxyl groups excluding tert-OH is 1. The number of thiazole rings is 1. The van der Waals surface area contributed by atoms with Crippen LogP contribution in [0, 0.1) is 0 Å². The zero-order valence-electron chi connectivity index (χ0n) is 11.5. The fourth-order valence-electron chi connectivity index (χ4n) is 1.67. The first-order valence-electron chi connectivity index (χ1n) is 6.67. The van der Waals surface area contributed by atoms with Gasteiger partial charge in [0.1, 0.15) is 18.4 Å². The minimum absolute atomic E-state index is 0.0989. The Morgan fingerprint density at radius 2 is 2.05 bits per heavy atom. The molecule has 0 unspecified atom stereocenters. The van der Waals surface area contributed by atoms with Crippen molar-refractivity contribution >= 4 is 27.8 Å². The van der Waals surface area contributed by atoms with E-state index in [2.05, 4.69) is 22.5 Å². The highest BCUT2D eigenvalue weighted by Gasteiger charge is 2.10. The van der Waals surface area contributed by atoms with Gasteiger partial charge in [0.25, 0.3) is 0 Å². The quantitative estimate of drug-likeness (QED) is 0.607. The van der Waals surface area contributed by atoms with Gasteiger partial charge >= 0.3 is 5.13 Å². The number of nitrogens with one attached hydrogen (secondary N) is 1. The van der Waals surface area contributed by atoms with Crippen LogP contribution in [-0.4, -0.2) is 18.3 Å². The summed E-state index contributed by atoms with van der Waals surface area (Å²) in [4.78, 5) is 0. The molecule has 106 valence electrons. The van der Waals surface area contributed by atoms with E-state index in [1.807, 2.05) is 40.4 Å². The molecule has 0 spiro atoms. The van der Waals surface area contributed by atoms with Gasteiger partial charge in [-0.3, -0.25) is 0 Å². The van der Waals surface area contributed by atoms with Crippen molar-refractivity contribution in [1.82, 2.24) is 0 Å². The van der Waals surface area contributed by atoms with Crippen molar-refractivity contribution in [1.29, 1.82) is 0 Å². The molecule has 1 heterocycles. The van der Waals surface area contributed by atoms with Gasteiger partial charge in [-0.05, 0) is 47.1 Å². The number of benzene rings is 1. The van der Waals surface area contributed by atoms with Gasteiger partial charge in [-0.15, -0.1) is 0 Å². The Morgan fingerprint density at radius 3 is 2.75 bits per heavy atom. The Morgan fingerprint density at radius 1 is 1.25 bits per heavy atom. The molecule has 0 aliphatic carbocycles. The van der Waals surface area contributed by atoms with Crippen LogP contribution in [0.15, 0.2) is 46.1 Å². The molecule has 2 rings (SSSR count). The topological polar surface area (TPSA) is 60.9 Å². The molecule has 1 aromatic carbocycles. The molecular formula is C14H19N4OS+. The number of aliphatic hydroxyl groups is 1. The summed E-state index contributed by atoms with van der Waals surface area (Å²) < 4.78 is 1.88. The minimum atomic E-state index is 0.0989. The molecule has 0 saturated heterocycles. The van der Waals surface area contributed by atoms with Gasteiger partial charge in [0.15, 0.2) is 0 Å². The van der Waals surface area contributed by atoms with Crippen molar-refractivity contribution in [3.8, 4) is 0 Å². The van der Waals surface area contributed by atoms with E-state index in [0.29, 0.717) is 6.54 Å². The first-order chi connectivity index (χ1) is 9.83. The molecule has 0 aliphatic rings. The summed E-state index contributed by atoms with van der Waals surface area (Å²) in [5.74, 6) is 0. The van der Waals surface area contributed by atoms with Crippen LogP contribution >= 0.6 is 11.3 Å². The first kappa shape index (κ1) is 14.6. The monoisotopic (exact) mass is 291 g/mol. The molecule has 20 heavy (non-hydrogen) atoms. The van der Waals surface area contributed by atoms with Gasteiger partial charge in [0.05, 0.1) is 11.7 Å². The minimum Gasteiger partial charge on any atom is -0.392 e. The fraction of sp³-hybridized carbons (Fsp3) is 0.357. The van der Waals surface area contributed by atoms with Gasteiger partial charge in [0, 0.05) is 17.6 Å². The van der Waals surface area contributed by atoms with Crippen LogP contribution in [0.25, 0.3) is 0 Å². The van der Waals surface area contributed by atoms with Crippen molar-refractivity contribution in [2.75, 3.05) is 18.5 Å². The van der Waals surface area contributed by atoms with Crippen molar-refractivity contribution in [3.05, 3.63) is 35.8 Å². The zero-order valence-corrected chi connectivity index (χ0v) is 12.3. The molecule has 0 atom stereocenters. The van der Waals surface area contributed by atoms with Crippen LogP contribution < -0.4 is 9.88 Å². The third-order valence-corrected chi connectivity index (χ3v) is 3.48. The number of hydrogen-bond donors (Lipinski definition) is 2. The Hall–Kier alpha value is -1.79. The van der Waals surface area contributed by atoms with E-state index in [9.17, 15) is 0 Å². The van der Waals surface area contributed by atoms with E-state index in [4.69, 9.17) is 5.11 Å². The summed E-state index contributed by atoms with van der Waals surface area (Å²) in [5, 5.41) is 23.4. The van der Waals surface area contributed by atoms with Crippen LogP contribution in [0.2, 0.25) is 0 Å². The van der Waals surface area contributed by atoms with Gasteiger partial charge in [-0.1, -0.05) is 6.92 Å². The van der Waals surface area contributed by atoms with E-state index >= 15 is 0 Å². The highest BCUT2D eigenvalue weighted by atomic mass is 32.1. The molecule has 0 fully saturated rings. The number of hydrogen-bond acceptors (Lipinski definition) is 5. The normalized spacial score (nSPS) is 11.1. The second-order valence-electron chi connectivity index (χ2n) is 4.28. The molecule has 0 radical (unpaired) electrons. The Labute approximate surface area is 122 Å². The Kier molecular flexibility index (Phi) is 5.64. The summed E-state index contributed by atoms with van der Waals surface area (Å²) in [7, 11) is 0. The fourth-order valence-corrected chi connectivity index (χ4v) is 2.38. The molecule has 2 aromatic rings. The van der Waals surface area contributed by atoms with E-state index in [1.165, 1.54) is 11.3 Å². The largest absolute Gasteiger partial charge is 0.408 e. The molecule has 0 bridgehead atoms. The van der Waals surface area contributed by atoms with Gasteiger partial charge in [-0.25, -0.2) is 4.57 Å². The second-order valence-corrected chi connectivity index (χ2v) is 5.15. The summed E-state index contributed by atoms with van der Waals surface area (Å²) in [6, 6.07) is 7.87. The van der Waals surface area contributed by atoms with Crippen LogP contribution in [-0.2, 0) is 6.54 Å². The highest BCUT2D eigenvalue weighted by molar-refractivity contribution is 7.12. The lowest BCUT2D eigenvalue weighted by molar-refractivity contribution is -0.681. The molecule has 0 amide bonds. The SMILES string of the molecule is CCCNc1ccc(N=Nc2scc[n+]2CCO)cc1. The lowest BCUT2D eigenvalue weighted by Crippen LogP contribution is -2.32. The smallest absolute Gasteiger partial charge is 0.392 e. The second kappa shape index (κ2) is 7.72. The maximum absolute atomic E-state index is 8.95. The van der Waals surface area contributed by atoms with Crippen LogP contribution in [0.5, 0.6) is 0 Å². The Balaban J connectivity index is 2.01. The summed E-state index contributed by atoms with van der Waals surface area (Å²) >= 11 is 1.50. The van der Waals surface area contributed by atoms with E-state index < -0.39 is 0 Å². The molecule has 1 aromatic heterocycles. The molecular weight excluding hydrogens is 272 g/mol. The van der Waals surface area contributed by atoms with Crippen LogP contribution in [0.4, 0.5) is 16.5 Å². The summed E-state index contributed by atoms with van der Waals surface area (Å²) in [6.45, 7) is 3.74. The van der Waals surface area contributed by atoms with Crippen molar-refractivity contribution in [2.45, 2.75) is 19.9 Å². The van der Waals surface area contributed by atoms with Crippen molar-refractivity contribution < 1.29 is 9.67 Å². The van der Waals surface area contributed by atoms with E-state index in [1.54, 1.807) is 0 Å². The Bertz CT molecular complexity index is 551. The third-order valence-electron chi connectivity index (χ3n) is 2.70. The van der Waals surface area contributed by atoms with E-state index in [-0.39, 0.29) is 6.61 Å². The predicted octanol–water partition coefficient (Wildman–Crippen LogP) is 3.27. The predicted molar refractivity (Wildman–Crippen MR) is 81.0 cm³/mol. The van der Waals surface area contributed by atoms with Crippen LogP contribution in [0.3, 0.4) is 0 Å². The van der Waals surface area contributed by atoms with Gasteiger partial charge in [0.2, 0.25) is 0 Å². The number of anilines is 1. The molecule has 2 N–H and O–H groups in total. The van der Waals surface area contributed by atoms with Crippen molar-refractivity contribution in [2.24, 2.45) is 10.2 Å². The summed E-state index contributed by atoms with van der Waals surface area (Å²) in [6.07, 6.45) is 3.00. The molecule has 0 saturated carbocycles. The molecule has 0 aliphatic heterocycles. The van der Waals surface area contributed by atoms with Gasteiger partial charge in [-0.2, -0.15) is 0 Å². The van der Waals surface area contributed by atoms with Crippen LogP contribution in [0.1, 0.15) is 13.3 Å². The maximum atomic E-state index is 8.95. The standard InChI is InChI=1S/C14H18N4OS/c1-2-7-15-12-3-5-13(6-4-12)16-17-14-18(8-10-19)9-11-20-14/h3-6,9,11,19H,2,7-8,10H2,1H3/p+1. The zero-order chi connectivity index (χ0) is 14.2. The summed E-state index contributed by atoms with van der Waals surface area (Å²) in [5.41, 5.74) is 1.91. The maximum Gasteiger partial charge on any atom is 0.408 e. The lowest BCUT2D eigenvalue weighted by Gasteiger charge is -2.02. The average Bonchev–Trinajstić information content (AvgIpc) is 2.92. The van der Waals surface area contributed by atoms with Gasteiger partial charge < -0.3 is 10.4 Å². The highest BCUT2D eigenvalue weighted by Crippen LogP contribution is 2.20. The molecule has 5 nitrogen and oxygen atoms in total. The lowest BCUT2D eigenvalue weighted by atomic mass is 10.3. The van der Waals surface area contributed by atoms with E-state index in [0.717, 1.165) is 29.5 Å². The number of aromatic nitrogens is 1.